The third-order valence-electron chi connectivity index (χ3n) is 3.54. The summed E-state index contributed by atoms with van der Waals surface area (Å²) >= 11 is 0. The van der Waals surface area contributed by atoms with Crippen LogP contribution < -0.4 is 5.32 Å². The van der Waals surface area contributed by atoms with Crippen LogP contribution in [-0.2, 0) is 0 Å². The Morgan fingerprint density at radius 2 is 2.00 bits per heavy atom. The Morgan fingerprint density at radius 3 is 2.61 bits per heavy atom. The molecule has 1 fully saturated rings. The van der Waals surface area contributed by atoms with Crippen LogP contribution in [0.1, 0.15) is 37.7 Å². The second-order valence-electron chi connectivity index (χ2n) is 5.64. The minimum atomic E-state index is 0.479. The lowest BCUT2D eigenvalue weighted by molar-refractivity contribution is 0.151. The Morgan fingerprint density at radius 1 is 1.28 bits per heavy atom. The summed E-state index contributed by atoms with van der Waals surface area (Å²) in [4.78, 5) is 7.32. The van der Waals surface area contributed by atoms with Crippen molar-refractivity contribution in [2.45, 2.75) is 33.2 Å². The molecule has 2 heterocycles. The van der Waals surface area contributed by atoms with E-state index in [4.69, 9.17) is 4.98 Å². The van der Waals surface area contributed by atoms with E-state index in [-0.39, 0.29) is 0 Å². The molecule has 1 atom stereocenters. The molecule has 100 valence electrons. The predicted octanol–water partition coefficient (Wildman–Crippen LogP) is 2.38. The molecule has 1 aromatic rings. The molecule has 0 aromatic carbocycles. The maximum Gasteiger partial charge on any atom is 0.0578 e. The molecule has 1 saturated heterocycles. The molecule has 3 nitrogen and oxygen atoms in total. The van der Waals surface area contributed by atoms with Crippen molar-refractivity contribution in [3.8, 4) is 0 Å². The number of nitrogens with one attached hydrogen (secondary N) is 1. The number of rotatable bonds is 4. The van der Waals surface area contributed by atoms with Crippen LogP contribution in [0.5, 0.6) is 0 Å². The van der Waals surface area contributed by atoms with Gasteiger partial charge < -0.3 is 5.32 Å². The molecular formula is C15H25N3. The van der Waals surface area contributed by atoms with Gasteiger partial charge in [-0.25, -0.2) is 0 Å². The van der Waals surface area contributed by atoms with E-state index in [9.17, 15) is 0 Å². The first-order valence-electron chi connectivity index (χ1n) is 7.05. The maximum absolute atomic E-state index is 4.74. The number of aromatic nitrogens is 1. The van der Waals surface area contributed by atoms with Crippen molar-refractivity contribution in [3.05, 3.63) is 29.6 Å². The minimum Gasteiger partial charge on any atom is -0.314 e. The molecular weight excluding hydrogens is 222 g/mol. The van der Waals surface area contributed by atoms with E-state index in [1.807, 2.05) is 0 Å². The number of hydrogen-bond donors (Lipinski definition) is 1. The van der Waals surface area contributed by atoms with Gasteiger partial charge >= 0.3 is 0 Å². The SMILES string of the molecule is Cc1cccc([C@@H](CC(C)C)N2CCNCC2)n1. The average Bonchev–Trinajstić information content (AvgIpc) is 2.37. The average molecular weight is 247 g/mol. The van der Waals surface area contributed by atoms with Crippen LogP contribution in [0.4, 0.5) is 0 Å². The van der Waals surface area contributed by atoms with Crippen molar-refractivity contribution in [2.75, 3.05) is 26.2 Å². The molecule has 3 heteroatoms. The highest BCUT2D eigenvalue weighted by Gasteiger charge is 2.23. The summed E-state index contributed by atoms with van der Waals surface area (Å²) < 4.78 is 0. The second-order valence-corrected chi connectivity index (χ2v) is 5.64. The highest BCUT2D eigenvalue weighted by Crippen LogP contribution is 2.26. The van der Waals surface area contributed by atoms with Gasteiger partial charge in [-0.05, 0) is 31.4 Å². The standard InChI is InChI=1S/C15H25N3/c1-12(2)11-15(18-9-7-16-8-10-18)14-6-4-5-13(3)17-14/h4-6,12,15-16H,7-11H2,1-3H3/t15-/m1/s1. The van der Waals surface area contributed by atoms with Crippen LogP contribution >= 0.6 is 0 Å². The van der Waals surface area contributed by atoms with Gasteiger partial charge in [-0.1, -0.05) is 19.9 Å². The zero-order valence-corrected chi connectivity index (χ0v) is 11.8. The molecule has 0 unspecified atom stereocenters. The predicted molar refractivity (Wildman–Crippen MR) is 75.6 cm³/mol. The third kappa shape index (κ3) is 3.53. The first kappa shape index (κ1) is 13.5. The number of nitrogens with zero attached hydrogens (tertiary/aromatic N) is 2. The zero-order valence-electron chi connectivity index (χ0n) is 11.8. The van der Waals surface area contributed by atoms with Crippen LogP contribution in [0, 0.1) is 12.8 Å². The molecule has 1 aliphatic rings. The smallest absolute Gasteiger partial charge is 0.0578 e. The Balaban J connectivity index is 2.18. The Bertz CT molecular complexity index is 370. The summed E-state index contributed by atoms with van der Waals surface area (Å²) in [5.74, 6) is 0.701. The van der Waals surface area contributed by atoms with Crippen molar-refractivity contribution in [1.82, 2.24) is 15.2 Å². The summed E-state index contributed by atoms with van der Waals surface area (Å²) in [6.45, 7) is 11.1. The molecule has 2 rings (SSSR count). The quantitative estimate of drug-likeness (QED) is 0.885. The first-order chi connectivity index (χ1) is 8.66. The van der Waals surface area contributed by atoms with E-state index >= 15 is 0 Å². The Labute approximate surface area is 111 Å². The van der Waals surface area contributed by atoms with E-state index in [1.165, 1.54) is 12.1 Å². The summed E-state index contributed by atoms with van der Waals surface area (Å²) in [7, 11) is 0. The highest BCUT2D eigenvalue weighted by atomic mass is 15.2. The van der Waals surface area contributed by atoms with Crippen molar-refractivity contribution in [2.24, 2.45) is 5.92 Å². The molecule has 0 bridgehead atoms. The van der Waals surface area contributed by atoms with Crippen LogP contribution in [0.3, 0.4) is 0 Å². The van der Waals surface area contributed by atoms with E-state index in [2.05, 4.69) is 49.2 Å². The van der Waals surface area contributed by atoms with Gasteiger partial charge in [0.05, 0.1) is 11.7 Å². The minimum absolute atomic E-state index is 0.479. The number of pyridine rings is 1. The van der Waals surface area contributed by atoms with Crippen LogP contribution in [0.25, 0.3) is 0 Å². The van der Waals surface area contributed by atoms with Crippen LogP contribution in [0.15, 0.2) is 18.2 Å². The monoisotopic (exact) mass is 247 g/mol. The number of aryl methyl sites for hydroxylation is 1. The molecule has 1 aliphatic heterocycles. The number of piperazine rings is 1. The lowest BCUT2D eigenvalue weighted by Crippen LogP contribution is -2.45. The van der Waals surface area contributed by atoms with Crippen molar-refractivity contribution in [1.29, 1.82) is 0 Å². The van der Waals surface area contributed by atoms with Crippen molar-refractivity contribution >= 4 is 0 Å². The largest absolute Gasteiger partial charge is 0.314 e. The summed E-state index contributed by atoms with van der Waals surface area (Å²) in [5.41, 5.74) is 2.36. The Kier molecular flexibility index (Phi) is 4.72. The summed E-state index contributed by atoms with van der Waals surface area (Å²) in [6.07, 6.45) is 1.19. The second kappa shape index (κ2) is 6.30. The maximum atomic E-state index is 4.74. The summed E-state index contributed by atoms with van der Waals surface area (Å²) in [6, 6.07) is 6.87. The molecule has 0 amide bonds. The van der Waals surface area contributed by atoms with Crippen LogP contribution in [-0.4, -0.2) is 36.1 Å². The van der Waals surface area contributed by atoms with Gasteiger partial charge in [0.15, 0.2) is 0 Å². The molecule has 0 saturated carbocycles. The molecule has 18 heavy (non-hydrogen) atoms. The third-order valence-corrected chi connectivity index (χ3v) is 3.54. The fraction of sp³-hybridized carbons (Fsp3) is 0.667. The fourth-order valence-electron chi connectivity index (χ4n) is 2.65. The van der Waals surface area contributed by atoms with Gasteiger partial charge in [0.2, 0.25) is 0 Å². The highest BCUT2D eigenvalue weighted by molar-refractivity contribution is 5.14. The molecule has 0 aliphatic carbocycles. The van der Waals surface area contributed by atoms with Gasteiger partial charge in [0, 0.05) is 31.9 Å². The summed E-state index contributed by atoms with van der Waals surface area (Å²) in [5, 5.41) is 3.42. The lowest BCUT2D eigenvalue weighted by atomic mass is 9.98. The van der Waals surface area contributed by atoms with Gasteiger partial charge in [-0.15, -0.1) is 0 Å². The Hall–Kier alpha value is -0.930. The van der Waals surface area contributed by atoms with Gasteiger partial charge in [0.1, 0.15) is 0 Å². The molecule has 0 radical (unpaired) electrons. The molecule has 0 spiro atoms. The topological polar surface area (TPSA) is 28.2 Å². The normalized spacial score (nSPS) is 19.1. The van der Waals surface area contributed by atoms with E-state index in [1.54, 1.807) is 0 Å². The number of hydrogen-bond acceptors (Lipinski definition) is 3. The van der Waals surface area contributed by atoms with Gasteiger partial charge in [-0.3, -0.25) is 9.88 Å². The van der Waals surface area contributed by atoms with E-state index < -0.39 is 0 Å². The van der Waals surface area contributed by atoms with Crippen molar-refractivity contribution in [3.63, 3.8) is 0 Å². The lowest BCUT2D eigenvalue weighted by Gasteiger charge is -2.35. The van der Waals surface area contributed by atoms with Gasteiger partial charge in [-0.2, -0.15) is 0 Å². The van der Waals surface area contributed by atoms with Crippen molar-refractivity contribution < 1.29 is 0 Å². The fourth-order valence-corrected chi connectivity index (χ4v) is 2.65. The van der Waals surface area contributed by atoms with E-state index in [0.717, 1.165) is 31.9 Å². The van der Waals surface area contributed by atoms with Gasteiger partial charge in [0.25, 0.3) is 0 Å². The molecule has 1 aromatic heterocycles. The van der Waals surface area contributed by atoms with E-state index in [0.29, 0.717) is 12.0 Å². The first-order valence-corrected chi connectivity index (χ1v) is 7.05. The molecule has 1 N–H and O–H groups in total. The van der Waals surface area contributed by atoms with Crippen LogP contribution in [0.2, 0.25) is 0 Å². The zero-order chi connectivity index (χ0) is 13.0.